The van der Waals surface area contributed by atoms with Crippen molar-refractivity contribution >= 4 is 23.6 Å². The zero-order valence-electron chi connectivity index (χ0n) is 15.4. The van der Waals surface area contributed by atoms with Crippen molar-refractivity contribution in [3.63, 3.8) is 0 Å². The second-order valence-corrected chi connectivity index (χ2v) is 6.51. The van der Waals surface area contributed by atoms with Gasteiger partial charge in [-0.3, -0.25) is 14.5 Å². The predicted octanol–water partition coefficient (Wildman–Crippen LogP) is 0.277. The molecular weight excluding hydrogens is 376 g/mol. The number of quaternary nitrogens is 1. The molecule has 0 aromatic heterocycles. The minimum absolute atomic E-state index is 0.0173. The summed E-state index contributed by atoms with van der Waals surface area (Å²) < 4.78 is 34.7. The van der Waals surface area contributed by atoms with Gasteiger partial charge in [-0.05, 0) is 19.1 Å². The molecule has 2 fully saturated rings. The average Bonchev–Trinajstić information content (AvgIpc) is 2.96. The van der Waals surface area contributed by atoms with Crippen molar-refractivity contribution in [2.45, 2.75) is 26.0 Å². The Bertz CT molecular complexity index is 752. The number of nitrogens with one attached hydrogen (secondary N) is 1. The first-order valence-corrected chi connectivity index (χ1v) is 9.09. The van der Waals surface area contributed by atoms with E-state index in [1.807, 2.05) is 0 Å². The van der Waals surface area contributed by atoms with Gasteiger partial charge in [0.2, 0.25) is 5.91 Å². The average molecular weight is 398 g/mol. The third-order valence-electron chi connectivity index (χ3n) is 4.89. The molecule has 1 atom stereocenters. The lowest BCUT2D eigenvalue weighted by molar-refractivity contribution is -0.918. The lowest BCUT2D eigenvalue weighted by Crippen LogP contribution is -3.19. The number of anilines is 1. The Balaban J connectivity index is 1.71. The maximum absolute atomic E-state index is 12.9. The van der Waals surface area contributed by atoms with Crippen molar-refractivity contribution in [2.75, 3.05) is 37.7 Å². The van der Waals surface area contributed by atoms with Crippen LogP contribution < -0.4 is 14.5 Å². The molecule has 1 aromatic carbocycles. The standard InChI is InChI=1S/C18H21F2N3O5/c1-2-27-18(26)22-9-7-21(8-10-22)13-11-15(24)23(16(13)25)12-5-3-4-6-14(12)28-17(19)20/h3-6,13,17H,2,7-11H2,1H3/p+1/t13-/m0/s1. The van der Waals surface area contributed by atoms with Gasteiger partial charge in [0.05, 0.1) is 44.9 Å². The van der Waals surface area contributed by atoms with E-state index < -0.39 is 30.6 Å². The van der Waals surface area contributed by atoms with Crippen LogP contribution in [0.5, 0.6) is 5.75 Å². The fraction of sp³-hybridized carbons (Fsp3) is 0.500. The van der Waals surface area contributed by atoms with Gasteiger partial charge in [0, 0.05) is 0 Å². The van der Waals surface area contributed by atoms with Crippen LogP contribution in [0.2, 0.25) is 0 Å². The Labute approximate surface area is 160 Å². The molecule has 1 N–H and O–H groups in total. The Hall–Kier alpha value is -2.75. The van der Waals surface area contributed by atoms with E-state index in [1.165, 1.54) is 18.2 Å². The smallest absolute Gasteiger partial charge is 0.410 e. The van der Waals surface area contributed by atoms with Crippen molar-refractivity contribution in [3.05, 3.63) is 24.3 Å². The van der Waals surface area contributed by atoms with Gasteiger partial charge in [-0.1, -0.05) is 12.1 Å². The van der Waals surface area contributed by atoms with Crippen LogP contribution in [0.3, 0.4) is 0 Å². The number of alkyl halides is 2. The molecule has 1 aromatic rings. The van der Waals surface area contributed by atoms with Crippen LogP contribution in [0, 0.1) is 0 Å². The maximum atomic E-state index is 12.9. The van der Waals surface area contributed by atoms with E-state index >= 15 is 0 Å². The van der Waals surface area contributed by atoms with Gasteiger partial charge in [0.1, 0.15) is 5.75 Å². The highest BCUT2D eigenvalue weighted by atomic mass is 19.3. The first-order chi connectivity index (χ1) is 13.4. The van der Waals surface area contributed by atoms with Crippen LogP contribution in [0.15, 0.2) is 24.3 Å². The number of carbonyl (C=O) groups excluding carboxylic acids is 3. The maximum Gasteiger partial charge on any atom is 0.410 e. The molecular formula is C18H22F2N3O5+. The highest BCUT2D eigenvalue weighted by Crippen LogP contribution is 2.32. The summed E-state index contributed by atoms with van der Waals surface area (Å²) >= 11 is 0. The molecule has 0 bridgehead atoms. The van der Waals surface area contributed by atoms with Gasteiger partial charge in [0.25, 0.3) is 5.91 Å². The topological polar surface area (TPSA) is 80.6 Å². The quantitative estimate of drug-likeness (QED) is 0.721. The van der Waals surface area contributed by atoms with Gasteiger partial charge < -0.3 is 14.4 Å². The van der Waals surface area contributed by atoms with E-state index in [1.54, 1.807) is 17.9 Å². The molecule has 0 aliphatic carbocycles. The number of hydrogen-bond acceptors (Lipinski definition) is 5. The number of benzene rings is 1. The number of rotatable bonds is 5. The van der Waals surface area contributed by atoms with Crippen molar-refractivity contribution in [3.8, 4) is 5.75 Å². The largest absolute Gasteiger partial charge is 0.450 e. The van der Waals surface area contributed by atoms with E-state index in [0.29, 0.717) is 26.2 Å². The highest BCUT2D eigenvalue weighted by molar-refractivity contribution is 6.22. The molecule has 0 saturated carbocycles. The molecule has 10 heteroatoms. The van der Waals surface area contributed by atoms with Gasteiger partial charge in [-0.2, -0.15) is 8.78 Å². The number of imide groups is 1. The Kier molecular flexibility index (Phi) is 6.08. The van der Waals surface area contributed by atoms with E-state index in [4.69, 9.17) is 4.74 Å². The highest BCUT2D eigenvalue weighted by Gasteiger charge is 2.47. The summed E-state index contributed by atoms with van der Waals surface area (Å²) in [4.78, 5) is 40.6. The molecule has 0 spiro atoms. The lowest BCUT2D eigenvalue weighted by Gasteiger charge is -2.33. The van der Waals surface area contributed by atoms with E-state index in [2.05, 4.69) is 4.74 Å². The molecule has 2 aliphatic rings. The van der Waals surface area contributed by atoms with Crippen molar-refractivity contribution in [1.29, 1.82) is 0 Å². The van der Waals surface area contributed by atoms with E-state index in [-0.39, 0.29) is 24.5 Å². The second kappa shape index (κ2) is 8.51. The van der Waals surface area contributed by atoms with Crippen LogP contribution in [0.25, 0.3) is 0 Å². The van der Waals surface area contributed by atoms with Crippen LogP contribution in [0.1, 0.15) is 13.3 Å². The summed E-state index contributed by atoms with van der Waals surface area (Å²) in [6.45, 7) is 0.764. The first kappa shape index (κ1) is 20.0. The summed E-state index contributed by atoms with van der Waals surface area (Å²) in [7, 11) is 0. The number of hydrogen-bond donors (Lipinski definition) is 1. The number of piperazine rings is 1. The lowest BCUT2D eigenvalue weighted by atomic mass is 10.2. The van der Waals surface area contributed by atoms with Gasteiger partial charge in [-0.15, -0.1) is 0 Å². The molecule has 2 saturated heterocycles. The first-order valence-electron chi connectivity index (χ1n) is 9.09. The van der Waals surface area contributed by atoms with Crippen molar-refractivity contribution in [2.24, 2.45) is 0 Å². The predicted molar refractivity (Wildman–Crippen MR) is 93.3 cm³/mol. The summed E-state index contributed by atoms with van der Waals surface area (Å²) in [6.07, 6.45) is -0.411. The Morgan fingerprint density at radius 2 is 1.93 bits per heavy atom. The van der Waals surface area contributed by atoms with E-state index in [9.17, 15) is 23.2 Å². The van der Waals surface area contributed by atoms with E-state index in [0.717, 1.165) is 9.80 Å². The summed E-state index contributed by atoms with van der Waals surface area (Å²) in [5, 5.41) is 0. The third kappa shape index (κ3) is 4.06. The molecule has 2 aliphatic heterocycles. The number of ether oxygens (including phenoxy) is 2. The normalized spacial score (nSPS) is 20.8. The SMILES string of the molecule is CCOC(=O)N1CC[NH+]([C@H]2CC(=O)N(c3ccccc3OC(F)F)C2=O)CC1. The number of para-hydroxylation sites is 2. The second-order valence-electron chi connectivity index (χ2n) is 6.51. The number of amides is 3. The molecule has 0 radical (unpaired) electrons. The Morgan fingerprint density at radius 3 is 2.57 bits per heavy atom. The summed E-state index contributed by atoms with van der Waals surface area (Å²) in [6, 6.07) is 5.12. The minimum atomic E-state index is -3.06. The van der Waals surface area contributed by atoms with Crippen LogP contribution >= 0.6 is 0 Å². The molecule has 3 rings (SSSR count). The van der Waals surface area contributed by atoms with Crippen molar-refractivity contribution < 1.29 is 37.5 Å². The molecule has 8 nitrogen and oxygen atoms in total. The number of halogens is 2. The van der Waals surface area contributed by atoms with Gasteiger partial charge in [-0.25, -0.2) is 9.69 Å². The fourth-order valence-electron chi connectivity index (χ4n) is 3.58. The minimum Gasteiger partial charge on any atom is -0.450 e. The molecule has 152 valence electrons. The number of carbonyl (C=O) groups is 3. The monoisotopic (exact) mass is 398 g/mol. The molecule has 3 amide bonds. The Morgan fingerprint density at radius 1 is 1.25 bits per heavy atom. The van der Waals surface area contributed by atoms with Crippen LogP contribution in [0.4, 0.5) is 19.3 Å². The van der Waals surface area contributed by atoms with Gasteiger partial charge >= 0.3 is 12.7 Å². The molecule has 2 heterocycles. The molecule has 0 unspecified atom stereocenters. The molecule has 28 heavy (non-hydrogen) atoms. The summed E-state index contributed by atoms with van der Waals surface area (Å²) in [5.74, 6) is -1.13. The summed E-state index contributed by atoms with van der Waals surface area (Å²) in [5.41, 5.74) is 0.0184. The third-order valence-corrected chi connectivity index (χ3v) is 4.89. The zero-order valence-corrected chi connectivity index (χ0v) is 15.4. The fourth-order valence-corrected chi connectivity index (χ4v) is 3.58. The van der Waals surface area contributed by atoms with Crippen molar-refractivity contribution in [1.82, 2.24) is 4.90 Å². The number of nitrogens with zero attached hydrogens (tertiary/aromatic N) is 2. The van der Waals surface area contributed by atoms with Crippen LogP contribution in [-0.2, 0) is 14.3 Å². The van der Waals surface area contributed by atoms with Gasteiger partial charge in [0.15, 0.2) is 6.04 Å². The zero-order chi connectivity index (χ0) is 20.3. The van der Waals surface area contributed by atoms with Crippen LogP contribution in [-0.4, -0.2) is 68.2 Å².